The molecule has 1 atom stereocenters. The molecule has 0 spiro atoms. The zero-order valence-electron chi connectivity index (χ0n) is 14.9. The molecule has 1 fully saturated rings. The van der Waals surface area contributed by atoms with Crippen LogP contribution in [0.15, 0.2) is 41.9 Å². The lowest BCUT2D eigenvalue weighted by molar-refractivity contribution is -0.120. The third-order valence-electron chi connectivity index (χ3n) is 4.87. The fourth-order valence-electron chi connectivity index (χ4n) is 3.50. The van der Waals surface area contributed by atoms with Crippen LogP contribution >= 0.6 is 22.9 Å². The average Bonchev–Trinajstić information content (AvgIpc) is 3.17. The first kappa shape index (κ1) is 18.1. The molecular formula is C20H20ClN3O2S. The molecule has 3 aromatic rings. The lowest BCUT2D eigenvalue weighted by Gasteiger charge is -2.33. The number of amides is 1. The standard InChI is InChI=1S/C20H20ClN3O2S/c1-26-17-5-4-14(11-16(17)21)23-20(25)13-3-2-9-24(12-13)19-15-7-10-27-18(15)6-8-22-19/h4-8,10-11,13H,2-3,9,12H2,1H3,(H,23,25). The van der Waals surface area contributed by atoms with Crippen molar-refractivity contribution in [1.29, 1.82) is 0 Å². The maximum Gasteiger partial charge on any atom is 0.229 e. The van der Waals surface area contributed by atoms with E-state index < -0.39 is 0 Å². The molecule has 3 heterocycles. The molecule has 1 amide bonds. The topological polar surface area (TPSA) is 54.5 Å². The Kier molecular flexibility index (Phi) is 5.18. The minimum absolute atomic E-state index is 0.0124. The zero-order chi connectivity index (χ0) is 18.8. The molecule has 1 saturated heterocycles. The van der Waals surface area contributed by atoms with Crippen LogP contribution in [-0.4, -0.2) is 31.1 Å². The van der Waals surface area contributed by atoms with Gasteiger partial charge in [-0.15, -0.1) is 11.3 Å². The molecule has 4 rings (SSSR count). The van der Waals surface area contributed by atoms with E-state index in [1.807, 2.05) is 12.3 Å². The first-order chi connectivity index (χ1) is 13.2. The molecule has 1 N–H and O–H groups in total. The second kappa shape index (κ2) is 7.74. The van der Waals surface area contributed by atoms with Crippen LogP contribution in [0, 0.1) is 5.92 Å². The van der Waals surface area contributed by atoms with Gasteiger partial charge in [0.2, 0.25) is 5.91 Å². The number of ether oxygens (including phenoxy) is 1. The van der Waals surface area contributed by atoms with Crippen LogP contribution in [0.4, 0.5) is 11.5 Å². The summed E-state index contributed by atoms with van der Waals surface area (Å²) in [7, 11) is 1.57. The second-order valence-electron chi connectivity index (χ2n) is 6.59. The number of methoxy groups -OCH3 is 1. The molecule has 7 heteroatoms. The van der Waals surface area contributed by atoms with Crippen molar-refractivity contribution in [2.75, 3.05) is 30.4 Å². The van der Waals surface area contributed by atoms with Crippen molar-refractivity contribution < 1.29 is 9.53 Å². The third kappa shape index (κ3) is 3.73. The van der Waals surface area contributed by atoms with Gasteiger partial charge in [0.1, 0.15) is 11.6 Å². The highest BCUT2D eigenvalue weighted by Gasteiger charge is 2.27. The Bertz CT molecular complexity index is 975. The number of piperidine rings is 1. The summed E-state index contributed by atoms with van der Waals surface area (Å²) in [6.07, 6.45) is 3.67. The predicted molar refractivity (Wildman–Crippen MR) is 111 cm³/mol. The van der Waals surface area contributed by atoms with E-state index in [9.17, 15) is 4.79 Å². The lowest BCUT2D eigenvalue weighted by Crippen LogP contribution is -2.41. The van der Waals surface area contributed by atoms with E-state index >= 15 is 0 Å². The number of carbonyl (C=O) groups is 1. The molecule has 0 bridgehead atoms. The summed E-state index contributed by atoms with van der Waals surface area (Å²) in [6, 6.07) is 9.41. The first-order valence-corrected chi connectivity index (χ1v) is 10.1. The molecule has 5 nitrogen and oxygen atoms in total. The predicted octanol–water partition coefficient (Wildman–Crippen LogP) is 4.81. The number of aromatic nitrogens is 1. The Balaban J connectivity index is 1.48. The van der Waals surface area contributed by atoms with E-state index in [0.717, 1.165) is 30.6 Å². The van der Waals surface area contributed by atoms with Crippen LogP contribution in [0.1, 0.15) is 12.8 Å². The highest BCUT2D eigenvalue weighted by Crippen LogP contribution is 2.32. The van der Waals surface area contributed by atoms with Gasteiger partial charge >= 0.3 is 0 Å². The summed E-state index contributed by atoms with van der Waals surface area (Å²) in [6.45, 7) is 1.58. The van der Waals surface area contributed by atoms with Crippen molar-refractivity contribution >= 4 is 50.4 Å². The number of thiophene rings is 1. The van der Waals surface area contributed by atoms with Crippen LogP contribution in [0.5, 0.6) is 5.75 Å². The number of benzene rings is 1. The molecule has 1 aromatic carbocycles. The molecule has 0 saturated carbocycles. The van der Waals surface area contributed by atoms with Gasteiger partial charge < -0.3 is 15.0 Å². The lowest BCUT2D eigenvalue weighted by atomic mass is 9.96. The number of rotatable bonds is 4. The molecule has 1 aliphatic rings. The highest BCUT2D eigenvalue weighted by atomic mass is 35.5. The summed E-state index contributed by atoms with van der Waals surface area (Å²) in [5.41, 5.74) is 0.681. The van der Waals surface area contributed by atoms with E-state index in [4.69, 9.17) is 16.3 Å². The third-order valence-corrected chi connectivity index (χ3v) is 6.05. The number of hydrogen-bond acceptors (Lipinski definition) is 5. The minimum Gasteiger partial charge on any atom is -0.495 e. The van der Waals surface area contributed by atoms with E-state index in [2.05, 4.69) is 26.6 Å². The number of carbonyl (C=O) groups excluding carboxylic acids is 1. The van der Waals surface area contributed by atoms with Crippen LogP contribution in [-0.2, 0) is 4.79 Å². The van der Waals surface area contributed by atoms with Gasteiger partial charge in [-0.2, -0.15) is 0 Å². The number of fused-ring (bicyclic) bond motifs is 1. The number of halogens is 1. The average molecular weight is 402 g/mol. The number of anilines is 2. The minimum atomic E-state index is -0.0877. The summed E-state index contributed by atoms with van der Waals surface area (Å²) in [4.78, 5) is 19.6. The van der Waals surface area contributed by atoms with Crippen molar-refractivity contribution in [1.82, 2.24) is 4.98 Å². The van der Waals surface area contributed by atoms with Crippen molar-refractivity contribution in [3.63, 3.8) is 0 Å². The molecule has 27 heavy (non-hydrogen) atoms. The number of hydrogen-bond donors (Lipinski definition) is 1. The van der Waals surface area contributed by atoms with Gasteiger partial charge in [-0.05, 0) is 48.6 Å². The number of nitrogens with zero attached hydrogens (tertiary/aromatic N) is 2. The fourth-order valence-corrected chi connectivity index (χ4v) is 4.54. The van der Waals surface area contributed by atoms with E-state index in [1.165, 1.54) is 4.70 Å². The van der Waals surface area contributed by atoms with Crippen LogP contribution in [0.3, 0.4) is 0 Å². The number of nitrogens with one attached hydrogen (secondary N) is 1. The van der Waals surface area contributed by atoms with Gasteiger partial charge in [0.05, 0.1) is 18.1 Å². The van der Waals surface area contributed by atoms with E-state index in [1.54, 1.807) is 36.6 Å². The summed E-state index contributed by atoms with van der Waals surface area (Å²) in [5.74, 6) is 1.49. The highest BCUT2D eigenvalue weighted by molar-refractivity contribution is 7.17. The summed E-state index contributed by atoms with van der Waals surface area (Å²) in [5, 5.41) is 6.70. The van der Waals surface area contributed by atoms with E-state index in [-0.39, 0.29) is 11.8 Å². The largest absolute Gasteiger partial charge is 0.495 e. The Labute approximate surface area is 166 Å². The normalized spacial score (nSPS) is 17.1. The molecule has 1 aliphatic heterocycles. The molecular weight excluding hydrogens is 382 g/mol. The molecule has 0 aliphatic carbocycles. The van der Waals surface area contributed by atoms with E-state index in [0.29, 0.717) is 23.0 Å². The maximum atomic E-state index is 12.8. The van der Waals surface area contributed by atoms with Crippen LogP contribution < -0.4 is 15.0 Å². The monoisotopic (exact) mass is 401 g/mol. The molecule has 1 unspecified atom stereocenters. The second-order valence-corrected chi connectivity index (χ2v) is 7.95. The van der Waals surface area contributed by atoms with Crippen molar-refractivity contribution in [2.24, 2.45) is 5.92 Å². The summed E-state index contributed by atoms with van der Waals surface area (Å²) < 4.78 is 6.38. The summed E-state index contributed by atoms with van der Waals surface area (Å²) >= 11 is 7.86. The van der Waals surface area contributed by atoms with Crippen molar-refractivity contribution in [3.8, 4) is 5.75 Å². The molecule has 2 aromatic heterocycles. The number of pyridine rings is 1. The SMILES string of the molecule is COc1ccc(NC(=O)C2CCCN(c3nccc4sccc34)C2)cc1Cl. The fraction of sp³-hybridized carbons (Fsp3) is 0.300. The zero-order valence-corrected chi connectivity index (χ0v) is 16.5. The van der Waals surface area contributed by atoms with Gasteiger partial charge in [0.25, 0.3) is 0 Å². The van der Waals surface area contributed by atoms with Gasteiger partial charge in [0.15, 0.2) is 0 Å². The van der Waals surface area contributed by atoms with Crippen molar-refractivity contribution in [2.45, 2.75) is 12.8 Å². The smallest absolute Gasteiger partial charge is 0.229 e. The Morgan fingerprint density at radius 2 is 2.26 bits per heavy atom. The van der Waals surface area contributed by atoms with Crippen LogP contribution in [0.25, 0.3) is 10.1 Å². The van der Waals surface area contributed by atoms with Crippen molar-refractivity contribution in [3.05, 3.63) is 46.9 Å². The van der Waals surface area contributed by atoms with Gasteiger partial charge in [-0.1, -0.05) is 11.6 Å². The molecule has 0 radical (unpaired) electrons. The Morgan fingerprint density at radius 3 is 3.07 bits per heavy atom. The first-order valence-electron chi connectivity index (χ1n) is 8.87. The van der Waals surface area contributed by atoms with Gasteiger partial charge in [-0.3, -0.25) is 4.79 Å². The van der Waals surface area contributed by atoms with Gasteiger partial charge in [-0.25, -0.2) is 4.98 Å². The Morgan fingerprint density at radius 1 is 1.37 bits per heavy atom. The quantitative estimate of drug-likeness (QED) is 0.681. The Hall–Kier alpha value is -2.31. The molecule has 140 valence electrons. The maximum absolute atomic E-state index is 12.8. The van der Waals surface area contributed by atoms with Crippen LogP contribution in [0.2, 0.25) is 5.02 Å². The van der Waals surface area contributed by atoms with Gasteiger partial charge in [0, 0.05) is 35.1 Å².